The van der Waals surface area contributed by atoms with Gasteiger partial charge in [-0.15, -0.1) is 0 Å². The van der Waals surface area contributed by atoms with Crippen molar-refractivity contribution >= 4 is 5.69 Å². The Morgan fingerprint density at radius 2 is 1.90 bits per heavy atom. The number of rotatable bonds is 5. The molecule has 0 amide bonds. The first-order chi connectivity index (χ1) is 9.51. The number of aryl methyl sites for hydroxylation is 2. The molecule has 0 aliphatic heterocycles. The molecule has 1 aromatic heterocycles. The van der Waals surface area contributed by atoms with Gasteiger partial charge in [0, 0.05) is 17.5 Å². The summed E-state index contributed by atoms with van der Waals surface area (Å²) in [5.41, 5.74) is 6.22. The zero-order valence-electron chi connectivity index (χ0n) is 11.7. The van der Waals surface area contributed by atoms with Crippen molar-refractivity contribution in [1.29, 1.82) is 0 Å². The average Bonchev–Trinajstić information content (AvgIpc) is 2.75. The average molecular weight is 275 g/mol. The predicted molar refractivity (Wildman–Crippen MR) is 76.6 cm³/mol. The van der Waals surface area contributed by atoms with E-state index in [1.165, 1.54) is 13.2 Å². The molecule has 106 valence electrons. The fourth-order valence-corrected chi connectivity index (χ4v) is 2.06. The molecule has 0 bridgehead atoms. The minimum Gasteiger partial charge on any atom is -0.496 e. The summed E-state index contributed by atoms with van der Waals surface area (Å²) in [4.78, 5) is 10.5. The first-order valence-electron chi connectivity index (χ1n) is 6.22. The molecular weight excluding hydrogens is 258 g/mol. The lowest BCUT2D eigenvalue weighted by Crippen LogP contribution is -2.17. The van der Waals surface area contributed by atoms with Crippen molar-refractivity contribution in [3.05, 3.63) is 57.4 Å². The summed E-state index contributed by atoms with van der Waals surface area (Å²) in [5.74, 6) is 0.483. The van der Waals surface area contributed by atoms with Crippen molar-refractivity contribution in [2.45, 2.75) is 20.4 Å². The van der Waals surface area contributed by atoms with Gasteiger partial charge in [0.05, 0.1) is 24.6 Å². The van der Waals surface area contributed by atoms with E-state index in [1.807, 2.05) is 30.7 Å². The summed E-state index contributed by atoms with van der Waals surface area (Å²) < 4.78 is 7.04. The quantitative estimate of drug-likeness (QED) is 0.673. The normalized spacial score (nSPS) is 10.3. The first kappa shape index (κ1) is 13.9. The molecule has 0 fully saturated rings. The van der Waals surface area contributed by atoms with Gasteiger partial charge in [-0.2, -0.15) is 0 Å². The van der Waals surface area contributed by atoms with Gasteiger partial charge in [-0.3, -0.25) is 14.8 Å². The van der Waals surface area contributed by atoms with Gasteiger partial charge in [0.25, 0.3) is 5.69 Å². The summed E-state index contributed by atoms with van der Waals surface area (Å²) in [6.07, 6.45) is 0. The van der Waals surface area contributed by atoms with Crippen molar-refractivity contribution < 1.29 is 9.66 Å². The van der Waals surface area contributed by atoms with Gasteiger partial charge >= 0.3 is 0 Å². The number of nitrogens with zero attached hydrogens (tertiary/aromatic N) is 2. The molecule has 0 atom stereocenters. The molecule has 6 heteroatoms. The Bertz CT molecular complexity index is 615. The van der Waals surface area contributed by atoms with Crippen LogP contribution >= 0.6 is 0 Å². The summed E-state index contributed by atoms with van der Waals surface area (Å²) in [7, 11) is 1.50. The number of nitro benzene ring substituents is 1. The van der Waals surface area contributed by atoms with Crippen LogP contribution in [0.1, 0.15) is 17.0 Å². The minimum atomic E-state index is -0.418. The molecule has 1 heterocycles. The van der Waals surface area contributed by atoms with Gasteiger partial charge in [0.2, 0.25) is 0 Å². The lowest BCUT2D eigenvalue weighted by Gasteiger charge is -2.13. The van der Waals surface area contributed by atoms with E-state index >= 15 is 0 Å². The van der Waals surface area contributed by atoms with Gasteiger partial charge in [-0.05, 0) is 37.6 Å². The van der Waals surface area contributed by atoms with Crippen LogP contribution in [0.3, 0.4) is 0 Å². The number of nitro groups is 1. The van der Waals surface area contributed by atoms with Gasteiger partial charge in [0.15, 0.2) is 0 Å². The van der Waals surface area contributed by atoms with Crippen LogP contribution in [0.4, 0.5) is 5.69 Å². The fraction of sp³-hybridized carbons (Fsp3) is 0.286. The van der Waals surface area contributed by atoms with E-state index < -0.39 is 4.92 Å². The second kappa shape index (κ2) is 5.64. The third kappa shape index (κ3) is 2.90. The summed E-state index contributed by atoms with van der Waals surface area (Å²) in [6, 6.07) is 8.76. The van der Waals surface area contributed by atoms with Crippen molar-refractivity contribution in [3.63, 3.8) is 0 Å². The molecule has 0 aliphatic rings. The molecule has 2 aromatic rings. The van der Waals surface area contributed by atoms with Crippen LogP contribution in [0.5, 0.6) is 5.75 Å². The van der Waals surface area contributed by atoms with Crippen LogP contribution in [0.25, 0.3) is 0 Å². The standard InChI is InChI=1S/C14H17N3O3/c1-10-4-5-11(2)16(10)15-9-12-6-13(17(18)19)8-14(7-12)20-3/h4-8,15H,9H2,1-3H3. The third-order valence-electron chi connectivity index (χ3n) is 3.11. The topological polar surface area (TPSA) is 69.3 Å². The van der Waals surface area contributed by atoms with E-state index in [0.29, 0.717) is 12.3 Å². The van der Waals surface area contributed by atoms with Crippen LogP contribution in [-0.2, 0) is 6.54 Å². The van der Waals surface area contributed by atoms with Gasteiger partial charge < -0.3 is 10.2 Å². The summed E-state index contributed by atoms with van der Waals surface area (Å²) in [5, 5.41) is 10.9. The summed E-state index contributed by atoms with van der Waals surface area (Å²) in [6.45, 7) is 4.47. The van der Waals surface area contributed by atoms with E-state index in [1.54, 1.807) is 12.1 Å². The number of hydrogen-bond acceptors (Lipinski definition) is 4. The predicted octanol–water partition coefficient (Wildman–Crippen LogP) is 2.77. The van der Waals surface area contributed by atoms with Gasteiger partial charge in [-0.25, -0.2) is 0 Å². The number of ether oxygens (including phenoxy) is 1. The molecule has 6 nitrogen and oxygen atoms in total. The van der Waals surface area contributed by atoms with Crippen molar-refractivity contribution in [1.82, 2.24) is 4.68 Å². The van der Waals surface area contributed by atoms with Crippen LogP contribution in [0.2, 0.25) is 0 Å². The van der Waals surface area contributed by atoms with E-state index in [4.69, 9.17) is 4.74 Å². The smallest absolute Gasteiger partial charge is 0.273 e. The number of methoxy groups -OCH3 is 1. The molecule has 20 heavy (non-hydrogen) atoms. The van der Waals surface area contributed by atoms with Crippen LogP contribution in [0.15, 0.2) is 30.3 Å². The maximum Gasteiger partial charge on any atom is 0.273 e. The molecular formula is C14H17N3O3. The SMILES string of the molecule is COc1cc(CNn2c(C)ccc2C)cc([N+](=O)[O-])c1. The Morgan fingerprint density at radius 3 is 2.45 bits per heavy atom. The molecule has 0 saturated carbocycles. The van der Waals surface area contributed by atoms with Crippen molar-refractivity contribution in [2.24, 2.45) is 0 Å². The fourth-order valence-electron chi connectivity index (χ4n) is 2.06. The lowest BCUT2D eigenvalue weighted by atomic mass is 10.2. The zero-order chi connectivity index (χ0) is 14.7. The Morgan fingerprint density at radius 1 is 1.25 bits per heavy atom. The highest BCUT2D eigenvalue weighted by molar-refractivity contribution is 5.43. The van der Waals surface area contributed by atoms with E-state index in [9.17, 15) is 10.1 Å². The second-order valence-electron chi connectivity index (χ2n) is 4.58. The molecule has 0 saturated heterocycles. The van der Waals surface area contributed by atoms with Crippen molar-refractivity contribution in [2.75, 3.05) is 12.5 Å². The van der Waals surface area contributed by atoms with Crippen LogP contribution in [0, 0.1) is 24.0 Å². The maximum atomic E-state index is 10.9. The molecule has 0 radical (unpaired) electrons. The van der Waals surface area contributed by atoms with Crippen LogP contribution < -0.4 is 10.2 Å². The highest BCUT2D eigenvalue weighted by atomic mass is 16.6. The Balaban J connectivity index is 2.21. The monoisotopic (exact) mass is 275 g/mol. The molecule has 1 aromatic carbocycles. The Kier molecular flexibility index (Phi) is 3.93. The Hall–Kier alpha value is -2.50. The highest BCUT2D eigenvalue weighted by Crippen LogP contribution is 2.22. The number of benzene rings is 1. The Labute approximate surface area is 117 Å². The second-order valence-corrected chi connectivity index (χ2v) is 4.58. The van der Waals surface area contributed by atoms with Gasteiger partial charge in [-0.1, -0.05) is 0 Å². The minimum absolute atomic E-state index is 0.0297. The third-order valence-corrected chi connectivity index (χ3v) is 3.11. The van der Waals surface area contributed by atoms with E-state index in [-0.39, 0.29) is 5.69 Å². The molecule has 0 unspecified atom stereocenters. The largest absolute Gasteiger partial charge is 0.496 e. The van der Waals surface area contributed by atoms with Crippen molar-refractivity contribution in [3.8, 4) is 5.75 Å². The molecule has 0 spiro atoms. The lowest BCUT2D eigenvalue weighted by molar-refractivity contribution is -0.385. The molecule has 0 aliphatic carbocycles. The number of hydrogen-bond donors (Lipinski definition) is 1. The van der Waals surface area contributed by atoms with E-state index in [2.05, 4.69) is 5.43 Å². The highest BCUT2D eigenvalue weighted by Gasteiger charge is 2.10. The summed E-state index contributed by atoms with van der Waals surface area (Å²) >= 11 is 0. The number of non-ortho nitro benzene ring substituents is 1. The van der Waals surface area contributed by atoms with E-state index in [0.717, 1.165) is 17.0 Å². The zero-order valence-corrected chi connectivity index (χ0v) is 11.7. The molecule has 2 rings (SSSR count). The van der Waals surface area contributed by atoms with Gasteiger partial charge in [0.1, 0.15) is 5.75 Å². The number of aromatic nitrogens is 1. The first-order valence-corrected chi connectivity index (χ1v) is 6.22. The number of nitrogens with one attached hydrogen (secondary N) is 1. The maximum absolute atomic E-state index is 10.9. The van der Waals surface area contributed by atoms with Crippen LogP contribution in [-0.4, -0.2) is 16.7 Å². The molecule has 1 N–H and O–H groups in total.